The molecule has 0 bridgehead atoms. The van der Waals surface area contributed by atoms with Gasteiger partial charge >= 0.3 is 0 Å². The van der Waals surface area contributed by atoms with Crippen molar-refractivity contribution in [1.29, 1.82) is 0 Å². The van der Waals surface area contributed by atoms with Crippen LogP contribution >= 0.6 is 15.9 Å². The van der Waals surface area contributed by atoms with E-state index >= 15 is 0 Å². The molecule has 0 N–H and O–H groups in total. The van der Waals surface area contributed by atoms with Crippen LogP contribution in [-0.4, -0.2) is 28.7 Å². The fourth-order valence-corrected chi connectivity index (χ4v) is 2.58. The number of likely N-dealkylation sites (tertiary alicyclic amines) is 1. The van der Waals surface area contributed by atoms with Crippen LogP contribution in [0.3, 0.4) is 0 Å². The van der Waals surface area contributed by atoms with E-state index in [4.69, 9.17) is 0 Å². The van der Waals surface area contributed by atoms with Gasteiger partial charge in [0.05, 0.1) is 6.42 Å². The van der Waals surface area contributed by atoms with Gasteiger partial charge in [-0.15, -0.1) is 0 Å². The van der Waals surface area contributed by atoms with Gasteiger partial charge in [0.15, 0.2) is 0 Å². The molecule has 1 fully saturated rings. The van der Waals surface area contributed by atoms with Crippen molar-refractivity contribution in [2.24, 2.45) is 0 Å². The van der Waals surface area contributed by atoms with Crippen molar-refractivity contribution < 1.29 is 4.79 Å². The van der Waals surface area contributed by atoms with Crippen LogP contribution in [0.25, 0.3) is 0 Å². The molecule has 1 heterocycles. The van der Waals surface area contributed by atoms with Crippen molar-refractivity contribution in [3.63, 3.8) is 0 Å². The summed E-state index contributed by atoms with van der Waals surface area (Å²) < 4.78 is 0. The van der Waals surface area contributed by atoms with Gasteiger partial charge < -0.3 is 4.90 Å². The number of hydrogen-bond acceptors (Lipinski definition) is 1. The second kappa shape index (κ2) is 5.00. The molecule has 86 valence electrons. The van der Waals surface area contributed by atoms with Crippen molar-refractivity contribution in [2.75, 3.05) is 13.1 Å². The molecule has 1 saturated heterocycles. The number of aryl methyl sites for hydroxylation is 1. The van der Waals surface area contributed by atoms with E-state index < -0.39 is 0 Å². The Labute approximate surface area is 105 Å². The molecule has 1 unspecified atom stereocenters. The first-order chi connectivity index (χ1) is 7.66. The third-order valence-corrected chi connectivity index (χ3v) is 3.83. The maximum absolute atomic E-state index is 12.0. The molecule has 1 atom stereocenters. The Morgan fingerprint density at radius 3 is 2.88 bits per heavy atom. The van der Waals surface area contributed by atoms with Crippen LogP contribution in [0.2, 0.25) is 0 Å². The number of carbonyl (C=O) groups excluding carboxylic acids is 1. The highest BCUT2D eigenvalue weighted by Gasteiger charge is 2.24. The van der Waals surface area contributed by atoms with E-state index in [0.717, 1.165) is 25.1 Å². The van der Waals surface area contributed by atoms with Crippen molar-refractivity contribution >= 4 is 21.8 Å². The maximum atomic E-state index is 12.0. The maximum Gasteiger partial charge on any atom is 0.227 e. The summed E-state index contributed by atoms with van der Waals surface area (Å²) in [5.74, 6) is 0.247. The number of halogens is 1. The monoisotopic (exact) mass is 281 g/mol. The molecule has 1 aliphatic rings. The van der Waals surface area contributed by atoms with Crippen LogP contribution in [0.5, 0.6) is 0 Å². The summed E-state index contributed by atoms with van der Waals surface area (Å²) in [4.78, 5) is 14.4. The highest BCUT2D eigenvalue weighted by atomic mass is 79.9. The first-order valence-electron chi connectivity index (χ1n) is 5.63. The molecule has 0 saturated carbocycles. The second-order valence-electron chi connectivity index (χ2n) is 4.33. The molecule has 1 aromatic carbocycles. The molecule has 2 rings (SSSR count). The van der Waals surface area contributed by atoms with E-state index in [0.29, 0.717) is 11.2 Å². The van der Waals surface area contributed by atoms with Gasteiger partial charge in [-0.05, 0) is 24.5 Å². The number of hydrogen-bond donors (Lipinski definition) is 0. The Balaban J connectivity index is 2.00. The average Bonchev–Trinajstić information content (AvgIpc) is 2.68. The normalized spacial score (nSPS) is 20.1. The lowest BCUT2D eigenvalue weighted by Crippen LogP contribution is -2.30. The Morgan fingerprint density at radius 2 is 2.25 bits per heavy atom. The quantitative estimate of drug-likeness (QED) is 0.763. The van der Waals surface area contributed by atoms with Gasteiger partial charge in [-0.2, -0.15) is 0 Å². The Hall–Kier alpha value is -0.830. The van der Waals surface area contributed by atoms with Gasteiger partial charge in [-0.25, -0.2) is 0 Å². The molecule has 16 heavy (non-hydrogen) atoms. The lowest BCUT2D eigenvalue weighted by atomic mass is 10.1. The third kappa shape index (κ3) is 2.64. The minimum atomic E-state index is 0.247. The largest absolute Gasteiger partial charge is 0.341 e. The zero-order chi connectivity index (χ0) is 11.5. The zero-order valence-electron chi connectivity index (χ0n) is 9.45. The summed E-state index contributed by atoms with van der Waals surface area (Å²) in [5.41, 5.74) is 2.34. The standard InChI is InChI=1S/C13H16BrNO/c1-10-4-2-3-5-11(10)8-13(16)15-7-6-12(14)9-15/h2-5,12H,6-9H2,1H3. The van der Waals surface area contributed by atoms with Crippen molar-refractivity contribution in [1.82, 2.24) is 4.90 Å². The molecule has 0 aromatic heterocycles. The SMILES string of the molecule is Cc1ccccc1CC(=O)N1CCC(Br)C1. The van der Waals surface area contributed by atoms with Gasteiger partial charge in [0.25, 0.3) is 0 Å². The number of carbonyl (C=O) groups is 1. The zero-order valence-corrected chi connectivity index (χ0v) is 11.0. The number of amides is 1. The van der Waals surface area contributed by atoms with E-state index in [1.54, 1.807) is 0 Å². The molecular formula is C13H16BrNO. The average molecular weight is 282 g/mol. The molecular weight excluding hydrogens is 266 g/mol. The predicted octanol–water partition coefficient (Wildman–Crippen LogP) is 2.53. The number of benzene rings is 1. The lowest BCUT2D eigenvalue weighted by Gasteiger charge is -2.16. The highest BCUT2D eigenvalue weighted by molar-refractivity contribution is 9.09. The van der Waals surface area contributed by atoms with Crippen molar-refractivity contribution in [2.45, 2.75) is 24.6 Å². The van der Waals surface area contributed by atoms with E-state index in [2.05, 4.69) is 28.9 Å². The van der Waals surface area contributed by atoms with Gasteiger partial charge in [-0.1, -0.05) is 40.2 Å². The summed E-state index contributed by atoms with van der Waals surface area (Å²) in [6.07, 6.45) is 1.60. The van der Waals surface area contributed by atoms with Crippen LogP contribution in [-0.2, 0) is 11.2 Å². The molecule has 2 nitrogen and oxygen atoms in total. The van der Waals surface area contributed by atoms with Gasteiger partial charge in [0, 0.05) is 17.9 Å². The summed E-state index contributed by atoms with van der Waals surface area (Å²) in [6.45, 7) is 3.80. The van der Waals surface area contributed by atoms with Crippen LogP contribution in [0.4, 0.5) is 0 Å². The molecule has 0 radical (unpaired) electrons. The summed E-state index contributed by atoms with van der Waals surface area (Å²) in [6, 6.07) is 8.09. The first kappa shape index (κ1) is 11.6. The minimum absolute atomic E-state index is 0.247. The molecule has 0 aliphatic carbocycles. The van der Waals surface area contributed by atoms with E-state index in [1.807, 2.05) is 23.1 Å². The third-order valence-electron chi connectivity index (χ3n) is 3.09. The molecule has 3 heteroatoms. The first-order valence-corrected chi connectivity index (χ1v) is 6.55. The van der Waals surface area contributed by atoms with Crippen LogP contribution in [0.1, 0.15) is 17.5 Å². The predicted molar refractivity (Wildman–Crippen MR) is 68.8 cm³/mol. The fraction of sp³-hybridized carbons (Fsp3) is 0.462. The molecule has 0 spiro atoms. The van der Waals surface area contributed by atoms with Crippen molar-refractivity contribution in [3.8, 4) is 0 Å². The number of rotatable bonds is 2. The van der Waals surface area contributed by atoms with Crippen molar-refractivity contribution in [3.05, 3.63) is 35.4 Å². The summed E-state index contributed by atoms with van der Waals surface area (Å²) in [7, 11) is 0. The second-order valence-corrected chi connectivity index (χ2v) is 5.62. The lowest BCUT2D eigenvalue weighted by molar-refractivity contribution is -0.129. The topological polar surface area (TPSA) is 20.3 Å². The van der Waals surface area contributed by atoms with Crippen LogP contribution in [0, 0.1) is 6.92 Å². The van der Waals surface area contributed by atoms with Gasteiger partial charge in [0.2, 0.25) is 5.91 Å². The smallest absolute Gasteiger partial charge is 0.227 e. The Kier molecular flexibility index (Phi) is 3.64. The Bertz CT molecular complexity index is 391. The minimum Gasteiger partial charge on any atom is -0.341 e. The molecule has 1 aromatic rings. The van der Waals surface area contributed by atoms with Gasteiger partial charge in [-0.3, -0.25) is 4.79 Å². The highest BCUT2D eigenvalue weighted by Crippen LogP contribution is 2.18. The van der Waals surface area contributed by atoms with Crippen LogP contribution in [0.15, 0.2) is 24.3 Å². The summed E-state index contributed by atoms with van der Waals surface area (Å²) in [5, 5.41) is 0. The fourth-order valence-electron chi connectivity index (χ4n) is 2.03. The van der Waals surface area contributed by atoms with E-state index in [-0.39, 0.29) is 5.91 Å². The van der Waals surface area contributed by atoms with Gasteiger partial charge in [0.1, 0.15) is 0 Å². The van der Waals surface area contributed by atoms with E-state index in [1.165, 1.54) is 5.56 Å². The number of alkyl halides is 1. The molecule has 1 amide bonds. The van der Waals surface area contributed by atoms with Crippen LogP contribution < -0.4 is 0 Å². The summed E-state index contributed by atoms with van der Waals surface area (Å²) >= 11 is 3.55. The molecule has 1 aliphatic heterocycles. The van der Waals surface area contributed by atoms with E-state index in [9.17, 15) is 4.79 Å². The number of nitrogens with zero attached hydrogens (tertiary/aromatic N) is 1. The Morgan fingerprint density at radius 1 is 1.50 bits per heavy atom.